The van der Waals surface area contributed by atoms with Crippen LogP contribution < -0.4 is 5.32 Å². The number of alkyl halides is 2. The fourth-order valence-electron chi connectivity index (χ4n) is 2.24. The van der Waals surface area contributed by atoms with Crippen molar-refractivity contribution >= 4 is 5.91 Å². The molecule has 2 rings (SSSR count). The van der Waals surface area contributed by atoms with Crippen LogP contribution in [0.1, 0.15) is 19.8 Å². The topological polar surface area (TPSA) is 32.3 Å². The molecule has 2 saturated heterocycles. The zero-order valence-corrected chi connectivity index (χ0v) is 8.80. The lowest BCUT2D eigenvalue weighted by Gasteiger charge is -2.20. The number of hydrogen-bond donors (Lipinski definition) is 1. The molecule has 2 fully saturated rings. The van der Waals surface area contributed by atoms with Crippen LogP contribution in [0.15, 0.2) is 0 Å². The summed E-state index contributed by atoms with van der Waals surface area (Å²) in [6, 6.07) is -0.242. The van der Waals surface area contributed by atoms with Gasteiger partial charge in [-0.25, -0.2) is 8.78 Å². The number of halogens is 2. The highest BCUT2D eigenvalue weighted by atomic mass is 19.3. The van der Waals surface area contributed by atoms with Crippen LogP contribution in [-0.4, -0.2) is 42.4 Å². The molecule has 2 heterocycles. The minimum Gasteiger partial charge on any atom is -0.335 e. The summed E-state index contributed by atoms with van der Waals surface area (Å²) in [5.41, 5.74) is 0. The Kier molecular flexibility index (Phi) is 2.66. The maximum Gasteiger partial charge on any atom is 0.267 e. The smallest absolute Gasteiger partial charge is 0.267 e. The van der Waals surface area contributed by atoms with E-state index in [-0.39, 0.29) is 24.9 Å². The molecule has 0 aromatic rings. The third-order valence-corrected chi connectivity index (χ3v) is 3.13. The van der Waals surface area contributed by atoms with Crippen LogP contribution in [-0.2, 0) is 4.79 Å². The summed E-state index contributed by atoms with van der Waals surface area (Å²) in [4.78, 5) is 13.1. The van der Waals surface area contributed by atoms with Crippen molar-refractivity contribution in [2.45, 2.75) is 31.7 Å². The number of carbonyl (C=O) groups excluding carboxylic acids is 1. The molecule has 2 aliphatic heterocycles. The number of carbonyl (C=O) groups is 1. The Bertz CT molecular complexity index is 270. The predicted octanol–water partition coefficient (Wildman–Crippen LogP) is 0.852. The summed E-state index contributed by atoms with van der Waals surface area (Å²) in [5, 5.41) is 3.07. The molecule has 0 saturated carbocycles. The monoisotopic (exact) mass is 218 g/mol. The van der Waals surface area contributed by atoms with Crippen molar-refractivity contribution in [3.05, 3.63) is 0 Å². The normalized spacial score (nSPS) is 34.7. The van der Waals surface area contributed by atoms with Crippen LogP contribution >= 0.6 is 0 Å². The first-order valence-electron chi connectivity index (χ1n) is 5.38. The number of amides is 1. The maximum absolute atomic E-state index is 12.9. The van der Waals surface area contributed by atoms with E-state index in [1.807, 2.05) is 0 Å². The molecule has 1 amide bonds. The van der Waals surface area contributed by atoms with Gasteiger partial charge in [0.1, 0.15) is 0 Å². The SMILES string of the molecule is CC1CNC(C(=O)N2CCC(F)(F)C2)C1. The Hall–Kier alpha value is -0.710. The fraction of sp³-hybridized carbons (Fsp3) is 0.900. The second-order valence-electron chi connectivity index (χ2n) is 4.67. The number of likely N-dealkylation sites (tertiary alicyclic amines) is 1. The molecular weight excluding hydrogens is 202 g/mol. The zero-order valence-electron chi connectivity index (χ0n) is 8.80. The number of nitrogens with zero attached hydrogens (tertiary/aromatic N) is 1. The van der Waals surface area contributed by atoms with Crippen molar-refractivity contribution in [2.75, 3.05) is 19.6 Å². The molecule has 15 heavy (non-hydrogen) atoms. The summed E-state index contributed by atoms with van der Waals surface area (Å²) in [6.45, 7) is 2.65. The van der Waals surface area contributed by atoms with Crippen LogP contribution in [0.2, 0.25) is 0 Å². The molecule has 2 aliphatic rings. The van der Waals surface area contributed by atoms with E-state index >= 15 is 0 Å². The van der Waals surface area contributed by atoms with E-state index in [4.69, 9.17) is 0 Å². The van der Waals surface area contributed by atoms with Crippen molar-refractivity contribution in [3.63, 3.8) is 0 Å². The molecule has 3 nitrogen and oxygen atoms in total. The van der Waals surface area contributed by atoms with Gasteiger partial charge in [-0.3, -0.25) is 4.79 Å². The minimum absolute atomic E-state index is 0.156. The van der Waals surface area contributed by atoms with Gasteiger partial charge in [-0.15, -0.1) is 0 Å². The van der Waals surface area contributed by atoms with Gasteiger partial charge in [-0.05, 0) is 18.9 Å². The number of nitrogens with one attached hydrogen (secondary N) is 1. The van der Waals surface area contributed by atoms with Crippen LogP contribution in [0.5, 0.6) is 0 Å². The van der Waals surface area contributed by atoms with Crippen molar-refractivity contribution < 1.29 is 13.6 Å². The minimum atomic E-state index is -2.68. The fourth-order valence-corrected chi connectivity index (χ4v) is 2.24. The van der Waals surface area contributed by atoms with Crippen molar-refractivity contribution in [2.24, 2.45) is 5.92 Å². The lowest BCUT2D eigenvalue weighted by atomic mass is 10.1. The van der Waals surface area contributed by atoms with Gasteiger partial charge in [0, 0.05) is 13.0 Å². The molecular formula is C10H16F2N2O. The summed E-state index contributed by atoms with van der Waals surface area (Å²) < 4.78 is 25.8. The lowest BCUT2D eigenvalue weighted by Crippen LogP contribution is -2.43. The van der Waals surface area contributed by atoms with Crippen LogP contribution in [0.3, 0.4) is 0 Å². The Labute approximate surface area is 87.8 Å². The van der Waals surface area contributed by atoms with E-state index in [2.05, 4.69) is 12.2 Å². The molecule has 5 heteroatoms. The standard InChI is InChI=1S/C10H16F2N2O/c1-7-4-8(13-5-7)9(15)14-3-2-10(11,12)6-14/h7-8,13H,2-6H2,1H3. The highest BCUT2D eigenvalue weighted by molar-refractivity contribution is 5.82. The highest BCUT2D eigenvalue weighted by Crippen LogP contribution is 2.28. The molecule has 0 spiro atoms. The van der Waals surface area contributed by atoms with E-state index in [1.165, 1.54) is 4.90 Å². The molecule has 0 aromatic heterocycles. The van der Waals surface area contributed by atoms with Crippen molar-refractivity contribution in [1.82, 2.24) is 10.2 Å². The molecule has 2 atom stereocenters. The van der Waals surface area contributed by atoms with Crippen LogP contribution in [0.4, 0.5) is 8.78 Å². The largest absolute Gasteiger partial charge is 0.335 e. The van der Waals surface area contributed by atoms with E-state index in [0.29, 0.717) is 5.92 Å². The van der Waals surface area contributed by atoms with E-state index in [9.17, 15) is 13.6 Å². The van der Waals surface area contributed by atoms with Gasteiger partial charge >= 0.3 is 0 Å². The molecule has 0 aromatic carbocycles. The van der Waals surface area contributed by atoms with Gasteiger partial charge in [0.2, 0.25) is 5.91 Å². The molecule has 0 bridgehead atoms. The quantitative estimate of drug-likeness (QED) is 0.707. The average molecular weight is 218 g/mol. The molecule has 86 valence electrons. The molecule has 0 aliphatic carbocycles. The first-order chi connectivity index (χ1) is 6.98. The third-order valence-electron chi connectivity index (χ3n) is 3.13. The third kappa shape index (κ3) is 2.27. The molecule has 1 N–H and O–H groups in total. The van der Waals surface area contributed by atoms with Gasteiger partial charge < -0.3 is 10.2 Å². The summed E-state index contributed by atoms with van der Waals surface area (Å²) in [7, 11) is 0. The first-order valence-corrected chi connectivity index (χ1v) is 5.38. The zero-order chi connectivity index (χ0) is 11.1. The molecule has 0 radical (unpaired) electrons. The summed E-state index contributed by atoms with van der Waals surface area (Å²) >= 11 is 0. The second kappa shape index (κ2) is 3.70. The number of rotatable bonds is 1. The van der Waals surface area contributed by atoms with Gasteiger partial charge in [0.25, 0.3) is 5.92 Å². The second-order valence-corrected chi connectivity index (χ2v) is 4.67. The van der Waals surface area contributed by atoms with Gasteiger partial charge in [0.15, 0.2) is 0 Å². The van der Waals surface area contributed by atoms with Gasteiger partial charge in [0.05, 0.1) is 12.6 Å². The van der Waals surface area contributed by atoms with Crippen molar-refractivity contribution in [1.29, 1.82) is 0 Å². The van der Waals surface area contributed by atoms with E-state index < -0.39 is 12.5 Å². The average Bonchev–Trinajstić information content (AvgIpc) is 2.71. The molecule has 2 unspecified atom stereocenters. The Morgan fingerprint density at radius 3 is 2.73 bits per heavy atom. The number of hydrogen-bond acceptors (Lipinski definition) is 2. The van der Waals surface area contributed by atoms with Crippen LogP contribution in [0.25, 0.3) is 0 Å². The van der Waals surface area contributed by atoms with Gasteiger partial charge in [-0.2, -0.15) is 0 Å². The first kappa shape index (κ1) is 10.8. The lowest BCUT2D eigenvalue weighted by molar-refractivity contribution is -0.133. The predicted molar refractivity (Wildman–Crippen MR) is 51.7 cm³/mol. The summed E-state index contributed by atoms with van der Waals surface area (Å²) in [5.74, 6) is -2.38. The van der Waals surface area contributed by atoms with Crippen molar-refractivity contribution in [3.8, 4) is 0 Å². The summed E-state index contributed by atoms with van der Waals surface area (Å²) in [6.07, 6.45) is 0.571. The highest BCUT2D eigenvalue weighted by Gasteiger charge is 2.42. The maximum atomic E-state index is 12.9. The Morgan fingerprint density at radius 2 is 2.27 bits per heavy atom. The Balaban J connectivity index is 1.92. The van der Waals surface area contributed by atoms with Gasteiger partial charge in [-0.1, -0.05) is 6.92 Å². The van der Waals surface area contributed by atoms with E-state index in [1.54, 1.807) is 0 Å². The van der Waals surface area contributed by atoms with Crippen LogP contribution in [0, 0.1) is 5.92 Å². The van der Waals surface area contributed by atoms with E-state index in [0.717, 1.165) is 13.0 Å². The Morgan fingerprint density at radius 1 is 1.53 bits per heavy atom.